The molecule has 0 unspecified atom stereocenters. The Kier molecular flexibility index (Phi) is 6.94. The number of hydrogen-bond acceptors (Lipinski definition) is 6. The number of nitrogens with zero attached hydrogens (tertiary/aromatic N) is 5. The maximum atomic E-state index is 13.2. The number of rotatable bonds is 5. The number of hydrogen-bond donors (Lipinski definition) is 0. The summed E-state index contributed by atoms with van der Waals surface area (Å²) < 4.78 is 34.3. The summed E-state index contributed by atoms with van der Waals surface area (Å²) in [5.74, 6) is 1.51. The lowest BCUT2D eigenvalue weighted by Gasteiger charge is -2.33. The summed E-state index contributed by atoms with van der Waals surface area (Å²) >= 11 is 0. The zero-order valence-electron chi connectivity index (χ0n) is 19.6. The normalized spacial score (nSPS) is 18.9. The second-order valence-corrected chi connectivity index (χ2v) is 10.7. The summed E-state index contributed by atoms with van der Waals surface area (Å²) in [6, 6.07) is 8.01. The van der Waals surface area contributed by atoms with Gasteiger partial charge in [0.05, 0.1) is 7.11 Å². The van der Waals surface area contributed by atoms with Gasteiger partial charge >= 0.3 is 0 Å². The molecule has 3 heterocycles. The minimum absolute atomic E-state index is 0.0819. The van der Waals surface area contributed by atoms with Crippen molar-refractivity contribution in [2.75, 3.05) is 51.3 Å². The van der Waals surface area contributed by atoms with Crippen LogP contribution in [0.25, 0.3) is 0 Å². The van der Waals surface area contributed by atoms with E-state index in [1.165, 1.54) is 4.31 Å². The van der Waals surface area contributed by atoms with E-state index in [0.29, 0.717) is 38.3 Å². The minimum Gasteiger partial charge on any atom is -0.497 e. The molecular weight excluding hydrogens is 442 g/mol. The van der Waals surface area contributed by atoms with Crippen LogP contribution in [0.15, 0.2) is 35.5 Å². The van der Waals surface area contributed by atoms with Gasteiger partial charge in [0.1, 0.15) is 11.6 Å². The predicted octanol–water partition coefficient (Wildman–Crippen LogP) is 1.88. The number of carbonyl (C=O) groups is 1. The third-order valence-corrected chi connectivity index (χ3v) is 8.51. The Morgan fingerprint density at radius 3 is 2.33 bits per heavy atom. The van der Waals surface area contributed by atoms with E-state index >= 15 is 0 Å². The highest BCUT2D eigenvalue weighted by atomic mass is 32.2. The fraction of sp³-hybridized carbons (Fsp3) is 0.565. The lowest BCUT2D eigenvalue weighted by molar-refractivity contribution is -0.136. The zero-order chi connectivity index (χ0) is 23.6. The Labute approximate surface area is 196 Å². The third-order valence-electron chi connectivity index (χ3n) is 6.74. The summed E-state index contributed by atoms with van der Waals surface area (Å²) in [5, 5.41) is 0.0819. The first-order chi connectivity index (χ1) is 15.8. The molecule has 180 valence electrons. The molecule has 33 heavy (non-hydrogen) atoms. The molecule has 0 atom stereocenters. The van der Waals surface area contributed by atoms with Crippen molar-refractivity contribution in [3.8, 4) is 5.75 Å². The number of methoxy groups -OCH3 is 1. The highest BCUT2D eigenvalue weighted by molar-refractivity contribution is 7.89. The summed E-state index contributed by atoms with van der Waals surface area (Å²) in [6.45, 7) is 5.57. The topological polar surface area (TPSA) is 88.0 Å². The highest BCUT2D eigenvalue weighted by Crippen LogP contribution is 2.26. The summed E-state index contributed by atoms with van der Waals surface area (Å²) in [6.07, 6.45) is 3.54. The molecule has 1 aromatic heterocycles. The molecule has 1 aromatic carbocycles. The molecule has 10 heteroatoms. The van der Waals surface area contributed by atoms with Gasteiger partial charge in [0.15, 0.2) is 5.03 Å². The summed E-state index contributed by atoms with van der Waals surface area (Å²) in [7, 11) is -0.188. The Morgan fingerprint density at radius 1 is 1.03 bits per heavy atom. The fourth-order valence-corrected chi connectivity index (χ4v) is 6.07. The molecule has 2 saturated heterocycles. The monoisotopic (exact) mass is 475 g/mol. The van der Waals surface area contributed by atoms with Crippen molar-refractivity contribution in [1.29, 1.82) is 0 Å². The molecule has 2 aliphatic heterocycles. The average molecular weight is 476 g/mol. The molecule has 0 spiro atoms. The lowest BCUT2D eigenvalue weighted by atomic mass is 9.96. The number of carbonyl (C=O) groups excluding carboxylic acids is 1. The molecule has 2 fully saturated rings. The number of ether oxygens (including phenoxy) is 1. The lowest BCUT2D eigenvalue weighted by Crippen LogP contribution is -2.45. The van der Waals surface area contributed by atoms with Crippen molar-refractivity contribution in [2.24, 2.45) is 13.0 Å². The third kappa shape index (κ3) is 5.01. The van der Waals surface area contributed by atoms with E-state index in [-0.39, 0.29) is 16.9 Å². The van der Waals surface area contributed by atoms with Crippen LogP contribution in [0, 0.1) is 12.8 Å². The van der Waals surface area contributed by atoms with E-state index in [9.17, 15) is 13.2 Å². The van der Waals surface area contributed by atoms with Crippen molar-refractivity contribution in [1.82, 2.24) is 18.8 Å². The standard InChI is InChI=1S/C23H33N5O4S/c1-18-24-22(17-25(18)2)33(30,31)28-13-9-19(10-14-28)23(29)27-12-4-11-26(15-16-27)20-5-7-21(32-3)8-6-20/h5-8,17,19H,4,9-16H2,1-3H3. The Hall–Kier alpha value is -2.59. The molecule has 9 nitrogen and oxygen atoms in total. The highest BCUT2D eigenvalue weighted by Gasteiger charge is 2.35. The van der Waals surface area contributed by atoms with Crippen molar-refractivity contribution < 1.29 is 17.9 Å². The van der Waals surface area contributed by atoms with Gasteiger partial charge < -0.3 is 19.1 Å². The quantitative estimate of drug-likeness (QED) is 0.656. The first-order valence-corrected chi connectivity index (χ1v) is 12.9. The molecule has 2 aliphatic rings. The number of imidazole rings is 1. The van der Waals surface area contributed by atoms with Crippen LogP contribution in [0.2, 0.25) is 0 Å². The van der Waals surface area contributed by atoms with Crippen molar-refractivity contribution in [3.05, 3.63) is 36.3 Å². The fourth-order valence-electron chi connectivity index (χ4n) is 4.57. The number of benzene rings is 1. The Morgan fingerprint density at radius 2 is 1.73 bits per heavy atom. The van der Waals surface area contributed by atoms with Crippen molar-refractivity contribution in [3.63, 3.8) is 0 Å². The second kappa shape index (κ2) is 9.72. The van der Waals surface area contributed by atoms with E-state index in [4.69, 9.17) is 4.74 Å². The molecule has 0 radical (unpaired) electrons. The number of aromatic nitrogens is 2. The van der Waals surface area contributed by atoms with Gasteiger partial charge in [-0.25, -0.2) is 13.4 Å². The van der Waals surface area contributed by atoms with Crippen LogP contribution in [-0.4, -0.2) is 79.5 Å². The van der Waals surface area contributed by atoms with Crippen LogP contribution in [0.4, 0.5) is 5.69 Å². The summed E-state index contributed by atoms with van der Waals surface area (Å²) in [4.78, 5) is 21.7. The smallest absolute Gasteiger partial charge is 0.262 e. The molecule has 2 aromatic rings. The molecule has 0 aliphatic carbocycles. The van der Waals surface area contributed by atoms with E-state index in [0.717, 1.165) is 37.5 Å². The van der Waals surface area contributed by atoms with Gasteiger partial charge in [-0.15, -0.1) is 0 Å². The first-order valence-electron chi connectivity index (χ1n) is 11.5. The van der Waals surface area contributed by atoms with E-state index in [2.05, 4.69) is 22.0 Å². The molecule has 1 amide bonds. The summed E-state index contributed by atoms with van der Waals surface area (Å²) in [5.41, 5.74) is 1.13. The number of piperidine rings is 1. The van der Waals surface area contributed by atoms with E-state index < -0.39 is 10.0 Å². The molecule has 0 saturated carbocycles. The van der Waals surface area contributed by atoms with Gasteiger partial charge in [0.2, 0.25) is 5.91 Å². The number of amides is 1. The zero-order valence-corrected chi connectivity index (χ0v) is 20.4. The number of sulfonamides is 1. The van der Waals surface area contributed by atoms with Crippen molar-refractivity contribution in [2.45, 2.75) is 31.2 Å². The first kappa shape index (κ1) is 23.6. The SMILES string of the molecule is COc1ccc(N2CCCN(C(=O)C3CCN(S(=O)(=O)c4cn(C)c(C)n4)CC3)CC2)cc1. The van der Waals surface area contributed by atoms with Gasteiger partial charge in [-0.1, -0.05) is 0 Å². The van der Waals surface area contributed by atoms with Crippen LogP contribution in [0.3, 0.4) is 0 Å². The maximum absolute atomic E-state index is 13.2. The second-order valence-electron chi connectivity index (χ2n) is 8.78. The number of anilines is 1. The average Bonchev–Trinajstić information content (AvgIpc) is 3.02. The molecule has 4 rings (SSSR count). The van der Waals surface area contributed by atoms with Crippen LogP contribution in [0.1, 0.15) is 25.1 Å². The van der Waals surface area contributed by atoms with Gasteiger partial charge in [-0.05, 0) is 50.5 Å². The largest absolute Gasteiger partial charge is 0.497 e. The van der Waals surface area contributed by atoms with Gasteiger partial charge in [0.25, 0.3) is 10.0 Å². The van der Waals surface area contributed by atoms with Gasteiger partial charge in [-0.2, -0.15) is 4.31 Å². The maximum Gasteiger partial charge on any atom is 0.262 e. The molecule has 0 N–H and O–H groups in total. The predicted molar refractivity (Wildman–Crippen MR) is 126 cm³/mol. The molecular formula is C23H33N5O4S. The van der Waals surface area contributed by atoms with Crippen LogP contribution in [-0.2, 0) is 21.9 Å². The minimum atomic E-state index is -3.63. The van der Waals surface area contributed by atoms with Crippen LogP contribution >= 0.6 is 0 Å². The Bertz CT molecular complexity index is 1060. The van der Waals surface area contributed by atoms with Crippen molar-refractivity contribution >= 4 is 21.6 Å². The Balaban J connectivity index is 1.33. The van der Waals surface area contributed by atoms with Crippen LogP contribution < -0.4 is 9.64 Å². The van der Waals surface area contributed by atoms with Gasteiger partial charge in [-0.3, -0.25) is 4.79 Å². The van der Waals surface area contributed by atoms with E-state index in [1.54, 1.807) is 31.8 Å². The molecule has 0 bridgehead atoms. The van der Waals surface area contributed by atoms with E-state index in [1.807, 2.05) is 17.0 Å². The van der Waals surface area contributed by atoms with Crippen LogP contribution in [0.5, 0.6) is 5.75 Å². The number of aryl methyl sites for hydroxylation is 2. The van der Waals surface area contributed by atoms with Gasteiger partial charge in [0, 0.05) is 64.1 Å².